The number of nitrogens with zero attached hydrogens (tertiary/aromatic N) is 2. The average molecular weight is 325 g/mol. The number of hydrogen-bond acceptors (Lipinski definition) is 5. The monoisotopic (exact) mass is 325 g/mol. The van der Waals surface area contributed by atoms with Crippen LogP contribution in [0.25, 0.3) is 0 Å². The molecule has 1 aliphatic heterocycles. The van der Waals surface area contributed by atoms with Gasteiger partial charge in [0.25, 0.3) is 10.2 Å². The highest BCUT2D eigenvalue weighted by Crippen LogP contribution is 2.34. The summed E-state index contributed by atoms with van der Waals surface area (Å²) in [5.41, 5.74) is 1.47. The number of aromatic nitrogens is 1. The van der Waals surface area contributed by atoms with E-state index < -0.39 is 10.2 Å². The molecule has 0 saturated carbocycles. The molecule has 8 heteroatoms. The Kier molecular flexibility index (Phi) is 4.07. The molecule has 0 bridgehead atoms. The summed E-state index contributed by atoms with van der Waals surface area (Å²) in [5.74, 6) is 1.31. The summed E-state index contributed by atoms with van der Waals surface area (Å²) in [5, 5.41) is 3.83. The van der Waals surface area contributed by atoms with Crippen LogP contribution in [-0.2, 0) is 16.8 Å². The van der Waals surface area contributed by atoms with Crippen LogP contribution in [-0.4, -0.2) is 24.4 Å². The summed E-state index contributed by atoms with van der Waals surface area (Å²) in [6, 6.07) is 3.35. The minimum atomic E-state index is -3.59. The van der Waals surface area contributed by atoms with E-state index in [4.69, 9.17) is 8.94 Å². The fourth-order valence-electron chi connectivity index (χ4n) is 2.79. The molecule has 22 heavy (non-hydrogen) atoms. The van der Waals surface area contributed by atoms with Crippen LogP contribution in [0.2, 0.25) is 0 Å². The van der Waals surface area contributed by atoms with Gasteiger partial charge in [-0.25, -0.2) is 0 Å². The van der Waals surface area contributed by atoms with E-state index in [9.17, 15) is 8.42 Å². The molecule has 7 nitrogen and oxygen atoms in total. The van der Waals surface area contributed by atoms with E-state index in [1.807, 2.05) is 6.07 Å². The molecular weight excluding hydrogens is 306 g/mol. The number of hydrogen-bond donors (Lipinski definition) is 1. The maximum atomic E-state index is 12.6. The summed E-state index contributed by atoms with van der Waals surface area (Å²) in [4.78, 5) is 0. The van der Waals surface area contributed by atoms with Gasteiger partial charge in [-0.3, -0.25) is 0 Å². The Bertz CT molecular complexity index is 717. The summed E-state index contributed by atoms with van der Waals surface area (Å²) >= 11 is 0. The van der Waals surface area contributed by atoms with Gasteiger partial charge in [0.1, 0.15) is 11.5 Å². The molecule has 0 amide bonds. The van der Waals surface area contributed by atoms with Crippen molar-refractivity contribution in [2.75, 3.05) is 6.54 Å². The lowest BCUT2D eigenvalue weighted by Crippen LogP contribution is -2.40. The molecule has 1 saturated heterocycles. The quantitative estimate of drug-likeness (QED) is 0.909. The Morgan fingerprint density at radius 2 is 2.27 bits per heavy atom. The SMILES string of the molecule is Cc1noc(C)c1CNS(=O)(=O)N1CCC[C@H]1c1ccco1. The van der Waals surface area contributed by atoms with Gasteiger partial charge >= 0.3 is 0 Å². The van der Waals surface area contributed by atoms with Crippen molar-refractivity contribution in [3.8, 4) is 0 Å². The Morgan fingerprint density at radius 3 is 2.91 bits per heavy atom. The molecule has 3 rings (SSSR count). The van der Waals surface area contributed by atoms with Crippen LogP contribution in [0.3, 0.4) is 0 Å². The van der Waals surface area contributed by atoms with E-state index in [0.717, 1.165) is 18.4 Å². The average Bonchev–Trinajstić information content (AvgIpc) is 3.18. The normalized spacial score (nSPS) is 19.8. The van der Waals surface area contributed by atoms with Gasteiger partial charge in [-0.05, 0) is 38.8 Å². The standard InChI is InChI=1S/C14H19N3O4S/c1-10-12(11(2)21-16-10)9-15-22(18,19)17-7-3-5-13(17)14-6-4-8-20-14/h4,6,8,13,15H,3,5,7,9H2,1-2H3/t13-/m0/s1. The fourth-order valence-corrected chi connectivity index (χ4v) is 4.20. The van der Waals surface area contributed by atoms with Crippen molar-refractivity contribution in [3.63, 3.8) is 0 Å². The topological polar surface area (TPSA) is 88.6 Å². The third-order valence-corrected chi connectivity index (χ3v) is 5.56. The van der Waals surface area contributed by atoms with Crippen molar-refractivity contribution in [3.05, 3.63) is 41.2 Å². The Hall–Kier alpha value is -1.64. The predicted molar refractivity (Wildman–Crippen MR) is 79.1 cm³/mol. The number of nitrogens with one attached hydrogen (secondary N) is 1. The third kappa shape index (κ3) is 2.81. The Morgan fingerprint density at radius 1 is 1.45 bits per heavy atom. The van der Waals surface area contributed by atoms with Crippen LogP contribution in [0.1, 0.15) is 41.7 Å². The van der Waals surface area contributed by atoms with E-state index in [2.05, 4.69) is 9.88 Å². The Balaban J connectivity index is 1.75. The first-order valence-electron chi connectivity index (χ1n) is 7.20. The van der Waals surface area contributed by atoms with Crippen molar-refractivity contribution in [2.24, 2.45) is 0 Å². The van der Waals surface area contributed by atoms with Crippen LogP contribution >= 0.6 is 0 Å². The van der Waals surface area contributed by atoms with Gasteiger partial charge in [0.15, 0.2) is 0 Å². The summed E-state index contributed by atoms with van der Waals surface area (Å²) in [6.45, 7) is 4.22. The number of rotatable bonds is 5. The lowest BCUT2D eigenvalue weighted by molar-refractivity contribution is 0.335. The largest absolute Gasteiger partial charge is 0.468 e. The van der Waals surface area contributed by atoms with Gasteiger partial charge in [0.2, 0.25) is 0 Å². The van der Waals surface area contributed by atoms with Gasteiger partial charge in [-0.1, -0.05) is 5.16 Å². The molecule has 120 valence electrons. The van der Waals surface area contributed by atoms with E-state index in [1.165, 1.54) is 4.31 Å². The zero-order valence-corrected chi connectivity index (χ0v) is 13.4. The molecule has 2 aromatic heterocycles. The maximum absolute atomic E-state index is 12.6. The van der Waals surface area contributed by atoms with Crippen LogP contribution < -0.4 is 4.72 Å². The number of aryl methyl sites for hydroxylation is 2. The zero-order chi connectivity index (χ0) is 15.7. The highest BCUT2D eigenvalue weighted by molar-refractivity contribution is 7.87. The van der Waals surface area contributed by atoms with Crippen molar-refractivity contribution >= 4 is 10.2 Å². The predicted octanol–water partition coefficient (Wildman–Crippen LogP) is 2.06. The zero-order valence-electron chi connectivity index (χ0n) is 12.6. The molecule has 0 aliphatic carbocycles. The molecule has 0 spiro atoms. The van der Waals surface area contributed by atoms with Crippen LogP contribution in [0.4, 0.5) is 0 Å². The Labute approximate surface area is 129 Å². The number of furan rings is 1. The maximum Gasteiger partial charge on any atom is 0.280 e. The van der Waals surface area contributed by atoms with Gasteiger partial charge in [-0.2, -0.15) is 17.4 Å². The third-order valence-electron chi connectivity index (χ3n) is 4.00. The molecule has 1 N–H and O–H groups in total. The van der Waals surface area contributed by atoms with Crippen LogP contribution in [0, 0.1) is 13.8 Å². The lowest BCUT2D eigenvalue weighted by Gasteiger charge is -2.22. The van der Waals surface area contributed by atoms with Crippen LogP contribution in [0.5, 0.6) is 0 Å². The first-order valence-corrected chi connectivity index (χ1v) is 8.64. The molecule has 2 aromatic rings. The minimum absolute atomic E-state index is 0.172. The molecule has 1 aliphatic rings. The van der Waals surface area contributed by atoms with Crippen LogP contribution in [0.15, 0.2) is 27.3 Å². The first-order chi connectivity index (χ1) is 10.5. The highest BCUT2D eigenvalue weighted by Gasteiger charge is 2.36. The fraction of sp³-hybridized carbons (Fsp3) is 0.500. The highest BCUT2D eigenvalue weighted by atomic mass is 32.2. The van der Waals surface area contributed by atoms with E-state index >= 15 is 0 Å². The van der Waals surface area contributed by atoms with Crippen molar-refractivity contribution < 1.29 is 17.4 Å². The molecule has 3 heterocycles. The van der Waals surface area contributed by atoms with Gasteiger partial charge in [0, 0.05) is 18.7 Å². The second kappa shape index (κ2) is 5.86. The van der Waals surface area contributed by atoms with Crippen molar-refractivity contribution in [2.45, 2.75) is 39.3 Å². The van der Waals surface area contributed by atoms with Gasteiger partial charge in [-0.15, -0.1) is 0 Å². The van der Waals surface area contributed by atoms with E-state index in [-0.39, 0.29) is 12.6 Å². The molecule has 0 aromatic carbocycles. The molecular formula is C14H19N3O4S. The molecule has 1 atom stereocenters. The van der Waals surface area contributed by atoms with E-state index in [0.29, 0.717) is 23.8 Å². The molecule has 0 radical (unpaired) electrons. The second-order valence-corrected chi connectivity index (χ2v) is 7.12. The van der Waals surface area contributed by atoms with Crippen molar-refractivity contribution in [1.82, 2.24) is 14.2 Å². The van der Waals surface area contributed by atoms with Crippen molar-refractivity contribution in [1.29, 1.82) is 0 Å². The van der Waals surface area contributed by atoms with Gasteiger partial charge in [0.05, 0.1) is 18.0 Å². The minimum Gasteiger partial charge on any atom is -0.468 e. The smallest absolute Gasteiger partial charge is 0.280 e. The van der Waals surface area contributed by atoms with Gasteiger partial charge < -0.3 is 8.94 Å². The lowest BCUT2D eigenvalue weighted by atomic mass is 10.2. The molecule has 0 unspecified atom stereocenters. The summed E-state index contributed by atoms with van der Waals surface area (Å²) in [7, 11) is -3.59. The first kappa shape index (κ1) is 15.3. The second-order valence-electron chi connectivity index (χ2n) is 5.41. The molecule has 1 fully saturated rings. The summed E-state index contributed by atoms with van der Waals surface area (Å²) in [6.07, 6.45) is 3.15. The summed E-state index contributed by atoms with van der Waals surface area (Å²) < 4.78 is 39.7. The van der Waals surface area contributed by atoms with E-state index in [1.54, 1.807) is 26.2 Å².